The minimum absolute atomic E-state index is 0.124. The van der Waals surface area contributed by atoms with Crippen molar-refractivity contribution in [2.75, 3.05) is 6.61 Å². The highest BCUT2D eigenvalue weighted by molar-refractivity contribution is 6.12. The van der Waals surface area contributed by atoms with Crippen LogP contribution in [-0.4, -0.2) is 31.0 Å². The molecule has 1 aromatic rings. The Kier molecular flexibility index (Phi) is 3.16. The number of carbonyl (C=O) groups excluding carboxylic acids is 1. The number of hydrogen-bond acceptors (Lipinski definition) is 4. The quantitative estimate of drug-likeness (QED) is 0.734. The van der Waals surface area contributed by atoms with Crippen LogP contribution in [0.1, 0.15) is 23.2 Å². The Morgan fingerprint density at radius 2 is 1.91 bits per heavy atom. The standard InChI is InChI=1S/C16H13F3O4/c17-16(18,19)14-11-12(20)8-4-1-2-6-10(8)22-13(11)9-5-3-7-21-15(9)23-14/h1-2,4,6,9,13,15H,3,5,7H2/t9-,13+,15+/m0/s1. The van der Waals surface area contributed by atoms with Crippen LogP contribution in [0.4, 0.5) is 13.2 Å². The average molecular weight is 326 g/mol. The zero-order valence-electron chi connectivity index (χ0n) is 11.9. The molecule has 4 rings (SSSR count). The molecule has 3 atom stereocenters. The summed E-state index contributed by atoms with van der Waals surface area (Å²) in [6.07, 6.45) is -5.53. The van der Waals surface area contributed by atoms with Gasteiger partial charge in [0.15, 0.2) is 5.78 Å². The Balaban J connectivity index is 1.89. The second-order valence-corrected chi connectivity index (χ2v) is 5.77. The molecule has 0 bridgehead atoms. The van der Waals surface area contributed by atoms with Crippen LogP contribution in [0.5, 0.6) is 5.75 Å². The van der Waals surface area contributed by atoms with Crippen LogP contribution in [0, 0.1) is 5.92 Å². The fourth-order valence-corrected chi connectivity index (χ4v) is 3.35. The van der Waals surface area contributed by atoms with Crippen LogP contribution in [0.15, 0.2) is 35.6 Å². The van der Waals surface area contributed by atoms with Gasteiger partial charge >= 0.3 is 6.18 Å². The summed E-state index contributed by atoms with van der Waals surface area (Å²) < 4.78 is 56.3. The number of rotatable bonds is 0. The molecule has 7 heteroatoms. The van der Waals surface area contributed by atoms with E-state index in [2.05, 4.69) is 0 Å². The maximum Gasteiger partial charge on any atom is 0.449 e. The summed E-state index contributed by atoms with van der Waals surface area (Å²) >= 11 is 0. The van der Waals surface area contributed by atoms with Crippen LogP contribution in [0.3, 0.4) is 0 Å². The van der Waals surface area contributed by atoms with Crippen molar-refractivity contribution in [2.24, 2.45) is 5.92 Å². The van der Waals surface area contributed by atoms with Crippen LogP contribution in [0.2, 0.25) is 0 Å². The number of allylic oxidation sites excluding steroid dienone is 1. The van der Waals surface area contributed by atoms with Gasteiger partial charge in [0.2, 0.25) is 12.0 Å². The molecule has 1 aromatic carbocycles. The van der Waals surface area contributed by atoms with Gasteiger partial charge in [-0.3, -0.25) is 4.79 Å². The molecule has 3 heterocycles. The molecule has 0 N–H and O–H groups in total. The second-order valence-electron chi connectivity index (χ2n) is 5.77. The molecule has 0 radical (unpaired) electrons. The number of carbonyl (C=O) groups is 1. The molecule has 0 aromatic heterocycles. The van der Waals surface area contributed by atoms with Crippen LogP contribution < -0.4 is 4.74 Å². The van der Waals surface area contributed by atoms with Gasteiger partial charge in [0.1, 0.15) is 11.9 Å². The van der Waals surface area contributed by atoms with Crippen molar-refractivity contribution < 1.29 is 32.2 Å². The molecule has 1 saturated heterocycles. The van der Waals surface area contributed by atoms with E-state index in [1.54, 1.807) is 18.2 Å². The maximum absolute atomic E-state index is 13.4. The summed E-state index contributed by atoms with van der Waals surface area (Å²) in [6.45, 7) is 0.332. The first-order valence-electron chi connectivity index (χ1n) is 7.37. The van der Waals surface area contributed by atoms with E-state index in [4.69, 9.17) is 14.2 Å². The average Bonchev–Trinajstić information content (AvgIpc) is 2.53. The van der Waals surface area contributed by atoms with E-state index in [1.807, 2.05) is 0 Å². The number of ketones is 1. The molecule has 3 aliphatic rings. The van der Waals surface area contributed by atoms with Crippen molar-refractivity contribution in [1.29, 1.82) is 0 Å². The summed E-state index contributed by atoms with van der Waals surface area (Å²) in [5.74, 6) is -2.10. The minimum Gasteiger partial charge on any atom is -0.484 e. The number of ether oxygens (including phenoxy) is 3. The molecular formula is C16H13F3O4. The van der Waals surface area contributed by atoms with Crippen LogP contribution >= 0.6 is 0 Å². The number of alkyl halides is 3. The van der Waals surface area contributed by atoms with Crippen molar-refractivity contribution in [3.63, 3.8) is 0 Å². The van der Waals surface area contributed by atoms with Crippen molar-refractivity contribution in [3.8, 4) is 5.75 Å². The molecule has 0 amide bonds. The highest BCUT2D eigenvalue weighted by Crippen LogP contribution is 2.46. The normalized spacial score (nSPS) is 29.9. The molecule has 0 aliphatic carbocycles. The van der Waals surface area contributed by atoms with Gasteiger partial charge in [0.05, 0.1) is 23.7 Å². The summed E-state index contributed by atoms with van der Waals surface area (Å²) in [5, 5.41) is 0. The number of hydrogen-bond donors (Lipinski definition) is 0. The van der Waals surface area contributed by atoms with E-state index in [0.717, 1.165) is 0 Å². The summed E-state index contributed by atoms with van der Waals surface area (Å²) in [5.41, 5.74) is -0.317. The van der Waals surface area contributed by atoms with Crippen LogP contribution in [0.25, 0.3) is 0 Å². The minimum atomic E-state index is -4.77. The lowest BCUT2D eigenvalue weighted by molar-refractivity contribution is -0.236. The Morgan fingerprint density at radius 3 is 2.70 bits per heavy atom. The summed E-state index contributed by atoms with van der Waals surface area (Å²) in [6, 6.07) is 6.31. The molecule has 3 aliphatic heterocycles. The predicted molar refractivity (Wildman–Crippen MR) is 71.8 cm³/mol. The van der Waals surface area contributed by atoms with Gasteiger partial charge in [-0.25, -0.2) is 0 Å². The zero-order valence-corrected chi connectivity index (χ0v) is 11.9. The Morgan fingerprint density at radius 1 is 1.13 bits per heavy atom. The first-order chi connectivity index (χ1) is 11.0. The molecule has 0 unspecified atom stereocenters. The highest BCUT2D eigenvalue weighted by atomic mass is 19.4. The Bertz CT molecular complexity index is 695. The second kappa shape index (κ2) is 4.99. The first kappa shape index (κ1) is 14.6. The van der Waals surface area contributed by atoms with Gasteiger partial charge in [-0.2, -0.15) is 13.2 Å². The fraction of sp³-hybridized carbons (Fsp3) is 0.438. The molecule has 1 fully saturated rings. The first-order valence-corrected chi connectivity index (χ1v) is 7.37. The smallest absolute Gasteiger partial charge is 0.449 e. The Hall–Kier alpha value is -2.02. The molecule has 0 saturated carbocycles. The van der Waals surface area contributed by atoms with E-state index in [9.17, 15) is 18.0 Å². The largest absolute Gasteiger partial charge is 0.484 e. The lowest BCUT2D eigenvalue weighted by atomic mass is 9.81. The molecular weight excluding hydrogens is 313 g/mol. The van der Waals surface area contributed by atoms with Gasteiger partial charge < -0.3 is 14.2 Å². The van der Waals surface area contributed by atoms with Crippen molar-refractivity contribution in [1.82, 2.24) is 0 Å². The third-order valence-corrected chi connectivity index (χ3v) is 4.35. The molecule has 122 valence electrons. The van der Waals surface area contributed by atoms with E-state index < -0.39 is 41.6 Å². The fourth-order valence-electron chi connectivity index (χ4n) is 3.35. The number of Topliss-reactive ketones (excluding diaryl/α,β-unsaturated/α-hetero) is 1. The van der Waals surface area contributed by atoms with Crippen molar-refractivity contribution >= 4 is 5.78 Å². The van der Waals surface area contributed by atoms with Crippen molar-refractivity contribution in [2.45, 2.75) is 31.4 Å². The number of benzene rings is 1. The van der Waals surface area contributed by atoms with E-state index >= 15 is 0 Å². The zero-order chi connectivity index (χ0) is 16.2. The van der Waals surface area contributed by atoms with Gasteiger partial charge in [0, 0.05) is 0 Å². The van der Waals surface area contributed by atoms with Crippen LogP contribution in [-0.2, 0) is 9.47 Å². The lowest BCUT2D eigenvalue weighted by Gasteiger charge is -2.44. The van der Waals surface area contributed by atoms with E-state index in [0.29, 0.717) is 25.2 Å². The molecule has 0 spiro atoms. The van der Waals surface area contributed by atoms with E-state index in [1.165, 1.54) is 6.07 Å². The third kappa shape index (κ3) is 2.22. The summed E-state index contributed by atoms with van der Waals surface area (Å²) in [7, 11) is 0. The van der Waals surface area contributed by atoms with Crippen molar-refractivity contribution in [3.05, 3.63) is 41.2 Å². The van der Waals surface area contributed by atoms with Gasteiger partial charge in [-0.15, -0.1) is 0 Å². The van der Waals surface area contributed by atoms with Gasteiger partial charge in [0.25, 0.3) is 0 Å². The van der Waals surface area contributed by atoms with Gasteiger partial charge in [-0.1, -0.05) is 12.1 Å². The van der Waals surface area contributed by atoms with E-state index in [-0.39, 0.29) is 5.56 Å². The third-order valence-electron chi connectivity index (χ3n) is 4.35. The topological polar surface area (TPSA) is 44.8 Å². The predicted octanol–water partition coefficient (Wildman–Crippen LogP) is 3.23. The highest BCUT2D eigenvalue weighted by Gasteiger charge is 2.54. The summed E-state index contributed by atoms with van der Waals surface area (Å²) in [4.78, 5) is 12.6. The monoisotopic (exact) mass is 326 g/mol. The SMILES string of the molecule is O=C1C2=C(C(F)(F)F)O[C@H]3OCCC[C@H]3[C@H]2Oc2ccccc21. The number of para-hydroxylation sites is 1. The number of fused-ring (bicyclic) bond motifs is 4. The molecule has 4 nitrogen and oxygen atoms in total. The molecule has 23 heavy (non-hydrogen) atoms. The Labute approximate surface area is 129 Å². The maximum atomic E-state index is 13.4. The lowest BCUT2D eigenvalue weighted by Crippen LogP contribution is -2.51. The van der Waals surface area contributed by atoms with Gasteiger partial charge in [-0.05, 0) is 25.0 Å². The number of halogens is 3.